The molecule has 6 heteroatoms. The lowest BCUT2D eigenvalue weighted by Gasteiger charge is -2.24. The molecule has 1 unspecified atom stereocenters. The summed E-state index contributed by atoms with van der Waals surface area (Å²) in [5, 5.41) is 3.31. The number of hydrogen-bond acceptors (Lipinski definition) is 4. The van der Waals surface area contributed by atoms with Crippen molar-refractivity contribution in [3.8, 4) is 0 Å². The van der Waals surface area contributed by atoms with Crippen LogP contribution in [0, 0.1) is 4.77 Å². The fraction of sp³-hybridized carbons (Fsp3) is 0.250. The number of aromatic amines is 1. The van der Waals surface area contributed by atoms with Crippen LogP contribution in [0.1, 0.15) is 35.8 Å². The quantitative estimate of drug-likeness (QED) is 0.687. The van der Waals surface area contributed by atoms with Crippen LogP contribution in [0.3, 0.4) is 0 Å². The smallest absolute Gasteiger partial charge is 0.217 e. The molecule has 1 fully saturated rings. The molecule has 4 rings (SSSR count). The van der Waals surface area contributed by atoms with Crippen LogP contribution in [0.2, 0.25) is 0 Å². The van der Waals surface area contributed by atoms with Crippen molar-refractivity contribution < 1.29 is 0 Å². The Hall–Kier alpha value is -2.57. The predicted molar refractivity (Wildman–Crippen MR) is 106 cm³/mol. The second kappa shape index (κ2) is 7.76. The molecule has 1 aromatic carbocycles. The lowest BCUT2D eigenvalue weighted by molar-refractivity contribution is 0.190. The van der Waals surface area contributed by atoms with Crippen LogP contribution in [0.5, 0.6) is 0 Å². The zero-order valence-corrected chi connectivity index (χ0v) is 15.3. The Kier molecular flexibility index (Phi) is 5.04. The minimum atomic E-state index is 0.386. The van der Waals surface area contributed by atoms with Gasteiger partial charge in [0, 0.05) is 25.0 Å². The lowest BCUT2D eigenvalue weighted by Crippen LogP contribution is -2.27. The van der Waals surface area contributed by atoms with Gasteiger partial charge in [0.1, 0.15) is 5.82 Å². The summed E-state index contributed by atoms with van der Waals surface area (Å²) in [6.45, 7) is 1.76. The first-order valence-electron chi connectivity index (χ1n) is 8.83. The summed E-state index contributed by atoms with van der Waals surface area (Å²) in [6, 6.07) is 14.7. The fourth-order valence-electron chi connectivity index (χ4n) is 3.41. The lowest BCUT2D eigenvalue weighted by atomic mass is 10.1. The third kappa shape index (κ3) is 3.81. The van der Waals surface area contributed by atoms with Crippen LogP contribution in [0.25, 0.3) is 12.2 Å². The van der Waals surface area contributed by atoms with Crippen molar-refractivity contribution in [3.05, 3.63) is 76.6 Å². The highest BCUT2D eigenvalue weighted by Gasteiger charge is 2.26. The van der Waals surface area contributed by atoms with Crippen LogP contribution in [0.15, 0.2) is 54.9 Å². The molecule has 3 aromatic rings. The molecule has 0 spiro atoms. The molecule has 3 heterocycles. The van der Waals surface area contributed by atoms with Crippen LogP contribution in [-0.2, 0) is 6.67 Å². The Bertz CT molecular complexity index is 930. The molecule has 0 amide bonds. The van der Waals surface area contributed by atoms with Crippen LogP contribution >= 0.6 is 12.2 Å². The van der Waals surface area contributed by atoms with Crippen molar-refractivity contribution >= 4 is 24.4 Å². The van der Waals surface area contributed by atoms with E-state index in [1.165, 1.54) is 12.0 Å². The maximum absolute atomic E-state index is 5.44. The van der Waals surface area contributed by atoms with Gasteiger partial charge in [-0.05, 0) is 48.3 Å². The molecule has 26 heavy (non-hydrogen) atoms. The Morgan fingerprint density at radius 3 is 2.85 bits per heavy atom. The molecule has 1 aliphatic heterocycles. The van der Waals surface area contributed by atoms with Gasteiger partial charge in [0.2, 0.25) is 4.77 Å². The minimum Gasteiger partial charge on any atom is -0.278 e. The van der Waals surface area contributed by atoms with Crippen molar-refractivity contribution in [2.75, 3.05) is 6.54 Å². The van der Waals surface area contributed by atoms with E-state index >= 15 is 0 Å². The summed E-state index contributed by atoms with van der Waals surface area (Å²) in [7, 11) is 0. The van der Waals surface area contributed by atoms with Crippen LogP contribution < -0.4 is 0 Å². The average Bonchev–Trinajstić information content (AvgIpc) is 3.29. The maximum atomic E-state index is 5.44. The monoisotopic (exact) mass is 363 g/mol. The van der Waals surface area contributed by atoms with E-state index in [2.05, 4.69) is 38.2 Å². The highest BCUT2D eigenvalue weighted by molar-refractivity contribution is 7.71. The first-order chi connectivity index (χ1) is 12.8. The molecule has 0 saturated carbocycles. The summed E-state index contributed by atoms with van der Waals surface area (Å²) in [6.07, 6.45) is 10.1. The Morgan fingerprint density at radius 1 is 1.15 bits per heavy atom. The van der Waals surface area contributed by atoms with Crippen molar-refractivity contribution in [1.82, 2.24) is 24.6 Å². The SMILES string of the molecule is S=c1nc(/C=C/c2ccccc2)[nH]n1CN1CCCC1c1cccnc1. The highest BCUT2D eigenvalue weighted by Crippen LogP contribution is 2.31. The van der Waals surface area contributed by atoms with Gasteiger partial charge in [0.05, 0.1) is 6.67 Å². The van der Waals surface area contributed by atoms with Gasteiger partial charge in [-0.15, -0.1) is 0 Å². The molecular weight excluding hydrogens is 342 g/mol. The molecule has 0 aliphatic carbocycles. The van der Waals surface area contributed by atoms with E-state index < -0.39 is 0 Å². The Morgan fingerprint density at radius 2 is 2.04 bits per heavy atom. The summed E-state index contributed by atoms with van der Waals surface area (Å²) >= 11 is 5.44. The van der Waals surface area contributed by atoms with E-state index in [4.69, 9.17) is 12.2 Å². The number of hydrogen-bond donors (Lipinski definition) is 1. The molecule has 1 saturated heterocycles. The van der Waals surface area contributed by atoms with Gasteiger partial charge in [-0.1, -0.05) is 42.5 Å². The highest BCUT2D eigenvalue weighted by atomic mass is 32.1. The van der Waals surface area contributed by atoms with Gasteiger partial charge in [-0.3, -0.25) is 15.0 Å². The normalized spacial score (nSPS) is 17.9. The zero-order chi connectivity index (χ0) is 17.8. The molecule has 1 N–H and O–H groups in total. The molecule has 1 aliphatic rings. The van der Waals surface area contributed by atoms with Gasteiger partial charge < -0.3 is 0 Å². The molecule has 0 radical (unpaired) electrons. The summed E-state index contributed by atoms with van der Waals surface area (Å²) in [5.74, 6) is 0.774. The van der Waals surface area contributed by atoms with Crippen molar-refractivity contribution in [2.45, 2.75) is 25.6 Å². The van der Waals surface area contributed by atoms with Crippen molar-refractivity contribution in [1.29, 1.82) is 0 Å². The van der Waals surface area contributed by atoms with Crippen molar-refractivity contribution in [2.24, 2.45) is 0 Å². The predicted octanol–water partition coefficient (Wildman–Crippen LogP) is 4.30. The van der Waals surface area contributed by atoms with E-state index in [1.807, 2.05) is 53.5 Å². The summed E-state index contributed by atoms with van der Waals surface area (Å²) < 4.78 is 2.52. The van der Waals surface area contributed by atoms with Gasteiger partial charge in [0.25, 0.3) is 0 Å². The van der Waals surface area contributed by atoms with E-state index in [1.54, 1.807) is 0 Å². The number of H-pyrrole nitrogens is 1. The molecule has 0 bridgehead atoms. The van der Waals surface area contributed by atoms with E-state index in [9.17, 15) is 0 Å². The van der Waals surface area contributed by atoms with E-state index in [0.29, 0.717) is 17.5 Å². The number of nitrogens with zero attached hydrogens (tertiary/aromatic N) is 4. The second-order valence-electron chi connectivity index (χ2n) is 6.46. The number of aromatic nitrogens is 4. The molecule has 132 valence electrons. The number of likely N-dealkylation sites (tertiary alicyclic amines) is 1. The molecular formula is C20H21N5S. The standard InChI is InChI=1S/C20H21N5S/c26-20-22-19(11-10-16-6-2-1-3-7-16)23-25(20)15-24-13-5-9-18(24)17-8-4-12-21-14-17/h1-4,6-8,10-12,14,18H,5,9,13,15H2,(H,22,23,26)/b11-10+. The minimum absolute atomic E-state index is 0.386. The third-order valence-electron chi connectivity index (χ3n) is 4.69. The van der Waals surface area contributed by atoms with Gasteiger partial charge in [0.15, 0.2) is 0 Å². The van der Waals surface area contributed by atoms with E-state index in [0.717, 1.165) is 24.4 Å². The van der Waals surface area contributed by atoms with Gasteiger partial charge in [-0.25, -0.2) is 4.68 Å². The topological polar surface area (TPSA) is 49.7 Å². The van der Waals surface area contributed by atoms with Gasteiger partial charge >= 0.3 is 0 Å². The molecule has 2 aromatic heterocycles. The average molecular weight is 363 g/mol. The van der Waals surface area contributed by atoms with Crippen molar-refractivity contribution in [3.63, 3.8) is 0 Å². The Balaban J connectivity index is 1.49. The van der Waals surface area contributed by atoms with Crippen LogP contribution in [-0.4, -0.2) is 31.2 Å². The molecule has 5 nitrogen and oxygen atoms in total. The van der Waals surface area contributed by atoms with Crippen LogP contribution in [0.4, 0.5) is 0 Å². The first-order valence-corrected chi connectivity index (χ1v) is 9.24. The number of benzene rings is 1. The fourth-order valence-corrected chi connectivity index (χ4v) is 3.61. The second-order valence-corrected chi connectivity index (χ2v) is 6.83. The first kappa shape index (κ1) is 16.9. The van der Waals surface area contributed by atoms with E-state index in [-0.39, 0.29) is 0 Å². The zero-order valence-electron chi connectivity index (χ0n) is 14.5. The number of pyridine rings is 1. The maximum Gasteiger partial charge on any atom is 0.217 e. The Labute approximate surface area is 158 Å². The summed E-state index contributed by atoms with van der Waals surface area (Å²) in [4.78, 5) is 11.2. The van der Waals surface area contributed by atoms with Gasteiger partial charge in [-0.2, -0.15) is 4.98 Å². The summed E-state index contributed by atoms with van der Waals surface area (Å²) in [5.41, 5.74) is 2.40. The number of rotatable bonds is 5. The third-order valence-corrected chi connectivity index (χ3v) is 5.00. The molecule has 1 atom stereocenters. The number of nitrogens with one attached hydrogen (secondary N) is 1. The largest absolute Gasteiger partial charge is 0.278 e.